The van der Waals surface area contributed by atoms with E-state index in [0.29, 0.717) is 19.4 Å². The highest BCUT2D eigenvalue weighted by atomic mass is 35.5. The minimum absolute atomic E-state index is 0. The van der Waals surface area contributed by atoms with Gasteiger partial charge in [0.15, 0.2) is 11.6 Å². The Morgan fingerprint density at radius 1 is 1.06 bits per heavy atom. The van der Waals surface area contributed by atoms with Gasteiger partial charge in [-0.1, -0.05) is 6.42 Å². The molecule has 1 aromatic carbocycles. The van der Waals surface area contributed by atoms with Crippen molar-refractivity contribution in [3.05, 3.63) is 35.1 Å². The number of hydrogen-bond acceptors (Lipinski definition) is 2. The van der Waals surface area contributed by atoms with Crippen molar-refractivity contribution >= 4 is 12.4 Å². The quantitative estimate of drug-likeness (QED) is 0.637. The zero-order valence-corrected chi connectivity index (χ0v) is 10.1. The molecule has 6 heteroatoms. The molecule has 0 saturated carbocycles. The summed E-state index contributed by atoms with van der Waals surface area (Å²) in [6, 6.07) is 0.805. The Bertz CT molecular complexity index is 361. The third-order valence-corrected chi connectivity index (χ3v) is 2.42. The number of unbranched alkanes of at least 4 members (excludes halogenated alkanes) is 1. The van der Waals surface area contributed by atoms with E-state index in [2.05, 4.69) is 0 Å². The van der Waals surface area contributed by atoms with Crippen LogP contribution >= 0.6 is 12.4 Å². The van der Waals surface area contributed by atoms with E-state index >= 15 is 0 Å². The summed E-state index contributed by atoms with van der Waals surface area (Å²) in [5.41, 5.74) is 10.5. The van der Waals surface area contributed by atoms with E-state index in [1.54, 1.807) is 0 Å². The van der Waals surface area contributed by atoms with Crippen molar-refractivity contribution in [2.24, 2.45) is 11.5 Å². The van der Waals surface area contributed by atoms with Crippen LogP contribution in [0.3, 0.4) is 0 Å². The molecule has 0 radical (unpaired) electrons. The van der Waals surface area contributed by atoms with Gasteiger partial charge in [0.2, 0.25) is 0 Å². The van der Waals surface area contributed by atoms with Crippen molar-refractivity contribution in [3.8, 4) is 0 Å². The lowest BCUT2D eigenvalue weighted by atomic mass is 10.0. The molecule has 0 saturated heterocycles. The Morgan fingerprint density at radius 2 is 1.65 bits per heavy atom. The molecule has 0 unspecified atom stereocenters. The molecule has 0 fully saturated rings. The van der Waals surface area contributed by atoms with Crippen LogP contribution < -0.4 is 11.5 Å². The topological polar surface area (TPSA) is 52.0 Å². The molecule has 0 bridgehead atoms. The predicted molar refractivity (Wildman–Crippen MR) is 63.4 cm³/mol. The van der Waals surface area contributed by atoms with E-state index in [1.165, 1.54) is 0 Å². The lowest BCUT2D eigenvalue weighted by Crippen LogP contribution is -2.15. The van der Waals surface area contributed by atoms with E-state index < -0.39 is 23.5 Å². The van der Waals surface area contributed by atoms with Crippen LogP contribution in [0.2, 0.25) is 0 Å². The Labute approximate surface area is 105 Å². The molecular weight excluding hydrogens is 253 g/mol. The average molecular weight is 269 g/mol. The molecule has 0 aromatic heterocycles. The Morgan fingerprint density at radius 3 is 2.24 bits per heavy atom. The number of hydrogen-bond donors (Lipinski definition) is 2. The first-order chi connectivity index (χ1) is 7.57. The van der Waals surface area contributed by atoms with Crippen molar-refractivity contribution in [1.29, 1.82) is 0 Å². The van der Waals surface area contributed by atoms with Gasteiger partial charge < -0.3 is 11.5 Å². The third kappa shape index (κ3) is 4.18. The van der Waals surface area contributed by atoms with Crippen LogP contribution in [0.4, 0.5) is 13.2 Å². The number of halogens is 4. The highest BCUT2D eigenvalue weighted by Gasteiger charge is 2.19. The zero-order valence-electron chi connectivity index (χ0n) is 9.26. The molecule has 0 spiro atoms. The molecule has 0 heterocycles. The Balaban J connectivity index is 0.00000256. The normalized spacial score (nSPS) is 12.1. The van der Waals surface area contributed by atoms with E-state index in [4.69, 9.17) is 11.5 Å². The lowest BCUT2D eigenvalue weighted by Gasteiger charge is -2.13. The first-order valence-electron chi connectivity index (χ1n) is 5.17. The van der Waals surface area contributed by atoms with E-state index in [-0.39, 0.29) is 18.0 Å². The highest BCUT2D eigenvalue weighted by molar-refractivity contribution is 5.85. The molecular formula is C11H16ClF3N2. The molecule has 4 N–H and O–H groups in total. The van der Waals surface area contributed by atoms with Crippen molar-refractivity contribution in [1.82, 2.24) is 0 Å². The summed E-state index contributed by atoms with van der Waals surface area (Å²) in [6.07, 6.45) is 1.77. The fraction of sp³-hybridized carbons (Fsp3) is 0.455. The third-order valence-electron chi connectivity index (χ3n) is 2.42. The van der Waals surface area contributed by atoms with Crippen molar-refractivity contribution in [3.63, 3.8) is 0 Å². The molecule has 98 valence electrons. The van der Waals surface area contributed by atoms with Gasteiger partial charge in [-0.15, -0.1) is 12.4 Å². The number of benzene rings is 1. The summed E-state index contributed by atoms with van der Waals surface area (Å²) in [5, 5.41) is 0. The standard InChI is InChI=1S/C11H15F3N2.ClH/c12-7-4-5-8(13)11(14)10(7)9(16)3-1-2-6-15;/h4-5,9H,1-3,6,15-16H2;1H/t9-;/m0./s1. The van der Waals surface area contributed by atoms with Crippen molar-refractivity contribution < 1.29 is 13.2 Å². The van der Waals surface area contributed by atoms with Gasteiger partial charge in [-0.3, -0.25) is 0 Å². The molecule has 0 aliphatic carbocycles. The van der Waals surface area contributed by atoms with Crippen LogP contribution in [0.25, 0.3) is 0 Å². The summed E-state index contributed by atoms with van der Waals surface area (Å²) in [5.74, 6) is -3.08. The average Bonchev–Trinajstić information content (AvgIpc) is 2.24. The van der Waals surface area contributed by atoms with Gasteiger partial charge in [0.25, 0.3) is 0 Å². The van der Waals surface area contributed by atoms with Crippen molar-refractivity contribution in [2.75, 3.05) is 6.54 Å². The fourth-order valence-electron chi connectivity index (χ4n) is 1.54. The van der Waals surface area contributed by atoms with Crippen LogP contribution in [-0.2, 0) is 0 Å². The Hall–Kier alpha value is -0.780. The molecule has 0 aliphatic heterocycles. The van der Waals surface area contributed by atoms with E-state index in [9.17, 15) is 13.2 Å². The zero-order chi connectivity index (χ0) is 12.1. The van der Waals surface area contributed by atoms with Crippen LogP contribution in [0.5, 0.6) is 0 Å². The maximum atomic E-state index is 13.3. The summed E-state index contributed by atoms with van der Waals surface area (Å²) in [7, 11) is 0. The van der Waals surface area contributed by atoms with Gasteiger partial charge in [0, 0.05) is 11.6 Å². The molecule has 1 aromatic rings. The lowest BCUT2D eigenvalue weighted by molar-refractivity contribution is 0.454. The largest absolute Gasteiger partial charge is 0.330 e. The van der Waals surface area contributed by atoms with Crippen LogP contribution in [0.15, 0.2) is 12.1 Å². The van der Waals surface area contributed by atoms with Gasteiger partial charge in [0.05, 0.1) is 0 Å². The SMILES string of the molecule is Cl.NCCCC[C@H](N)c1c(F)ccc(F)c1F. The smallest absolute Gasteiger partial charge is 0.166 e. The van der Waals surface area contributed by atoms with E-state index in [1.807, 2.05) is 0 Å². The molecule has 1 rings (SSSR count). The van der Waals surface area contributed by atoms with Gasteiger partial charge >= 0.3 is 0 Å². The van der Waals surface area contributed by atoms with E-state index in [0.717, 1.165) is 18.6 Å². The number of nitrogens with two attached hydrogens (primary N) is 2. The second-order valence-corrected chi connectivity index (χ2v) is 3.65. The molecule has 17 heavy (non-hydrogen) atoms. The summed E-state index contributed by atoms with van der Waals surface area (Å²) in [6.45, 7) is 0.501. The fourth-order valence-corrected chi connectivity index (χ4v) is 1.54. The maximum Gasteiger partial charge on any atom is 0.166 e. The minimum atomic E-state index is -1.19. The van der Waals surface area contributed by atoms with Crippen LogP contribution in [0, 0.1) is 17.5 Å². The summed E-state index contributed by atoms with van der Waals surface area (Å²) in [4.78, 5) is 0. The minimum Gasteiger partial charge on any atom is -0.330 e. The van der Waals surface area contributed by atoms with Crippen molar-refractivity contribution in [2.45, 2.75) is 25.3 Å². The highest BCUT2D eigenvalue weighted by Crippen LogP contribution is 2.24. The monoisotopic (exact) mass is 268 g/mol. The van der Waals surface area contributed by atoms with Gasteiger partial charge in [-0.2, -0.15) is 0 Å². The van der Waals surface area contributed by atoms with Gasteiger partial charge in [-0.05, 0) is 31.5 Å². The maximum absolute atomic E-state index is 13.3. The molecule has 1 atom stereocenters. The molecule has 0 aliphatic rings. The molecule has 2 nitrogen and oxygen atoms in total. The first-order valence-corrected chi connectivity index (χ1v) is 5.17. The van der Waals surface area contributed by atoms with Gasteiger partial charge in [0.1, 0.15) is 5.82 Å². The summed E-state index contributed by atoms with van der Waals surface area (Å²) < 4.78 is 39.5. The van der Waals surface area contributed by atoms with Crippen LogP contribution in [0.1, 0.15) is 30.9 Å². The predicted octanol–water partition coefficient (Wildman–Crippen LogP) is 2.65. The second kappa shape index (κ2) is 7.53. The number of rotatable bonds is 5. The molecule has 0 amide bonds. The van der Waals surface area contributed by atoms with Crippen LogP contribution in [-0.4, -0.2) is 6.54 Å². The first kappa shape index (κ1) is 16.2. The Kier molecular flexibility index (Phi) is 7.18. The summed E-state index contributed by atoms with van der Waals surface area (Å²) >= 11 is 0. The van der Waals surface area contributed by atoms with Gasteiger partial charge in [-0.25, -0.2) is 13.2 Å². The second-order valence-electron chi connectivity index (χ2n) is 3.65.